The Morgan fingerprint density at radius 3 is 2.86 bits per heavy atom. The highest BCUT2D eigenvalue weighted by atomic mass is 16.6. The summed E-state index contributed by atoms with van der Waals surface area (Å²) in [5.74, 6) is -0.968. The summed E-state index contributed by atoms with van der Waals surface area (Å²) in [5, 5.41) is 0. The van der Waals surface area contributed by atoms with Crippen molar-refractivity contribution >= 4 is 11.9 Å². The first-order valence-electron chi connectivity index (χ1n) is 4.58. The van der Waals surface area contributed by atoms with Crippen LogP contribution in [0.3, 0.4) is 0 Å². The van der Waals surface area contributed by atoms with E-state index < -0.39 is 11.9 Å². The summed E-state index contributed by atoms with van der Waals surface area (Å²) in [6.07, 6.45) is 0.974. The fourth-order valence-electron chi connectivity index (χ4n) is 1.70. The zero-order valence-electron chi connectivity index (χ0n) is 7.87. The molecule has 2 rings (SSSR count). The fourth-order valence-corrected chi connectivity index (χ4v) is 1.70. The van der Waals surface area contributed by atoms with Gasteiger partial charge < -0.3 is 4.74 Å². The van der Waals surface area contributed by atoms with Gasteiger partial charge in [-0.3, -0.25) is 4.79 Å². The van der Waals surface area contributed by atoms with E-state index >= 15 is 0 Å². The predicted molar refractivity (Wildman–Crippen MR) is 49.9 cm³/mol. The number of fused-ring (bicyclic) bond motifs is 1. The number of cyclic esters (lactones) is 2. The molecule has 3 heteroatoms. The maximum Gasteiger partial charge on any atom is 0.346 e. The number of esters is 2. The van der Waals surface area contributed by atoms with Gasteiger partial charge in [-0.2, -0.15) is 0 Å². The zero-order chi connectivity index (χ0) is 10.1. The minimum absolute atomic E-state index is 0.203. The average molecular weight is 190 g/mol. The molecule has 0 fully saturated rings. The van der Waals surface area contributed by atoms with Crippen LogP contribution in [0, 0.1) is 0 Å². The van der Waals surface area contributed by atoms with E-state index in [4.69, 9.17) is 0 Å². The molecule has 0 bridgehead atoms. The van der Waals surface area contributed by atoms with E-state index in [1.54, 1.807) is 6.07 Å². The van der Waals surface area contributed by atoms with E-state index in [0.717, 1.165) is 17.5 Å². The summed E-state index contributed by atoms with van der Waals surface area (Å²) < 4.78 is 4.58. The van der Waals surface area contributed by atoms with Gasteiger partial charge in [0.2, 0.25) is 0 Å². The van der Waals surface area contributed by atoms with Gasteiger partial charge in [0.25, 0.3) is 0 Å². The standard InChI is InChI=1S/C11H10O3/c1-2-7-4-3-5-8-6-9(12)14-11(13)10(7)8/h3-5H,2,6H2,1H3. The number of ether oxygens (including phenoxy) is 1. The molecule has 14 heavy (non-hydrogen) atoms. The molecule has 0 saturated carbocycles. The largest absolute Gasteiger partial charge is 0.389 e. The molecule has 1 aliphatic heterocycles. The van der Waals surface area contributed by atoms with Crippen molar-refractivity contribution in [3.8, 4) is 0 Å². The molecule has 0 aliphatic carbocycles. The van der Waals surface area contributed by atoms with Gasteiger partial charge in [0.05, 0.1) is 12.0 Å². The second-order valence-electron chi connectivity index (χ2n) is 3.24. The summed E-state index contributed by atoms with van der Waals surface area (Å²) in [7, 11) is 0. The van der Waals surface area contributed by atoms with Gasteiger partial charge >= 0.3 is 11.9 Å². The van der Waals surface area contributed by atoms with E-state index in [1.807, 2.05) is 19.1 Å². The van der Waals surface area contributed by atoms with E-state index in [-0.39, 0.29) is 6.42 Å². The number of aryl methyl sites for hydroxylation is 1. The quantitative estimate of drug-likeness (QED) is 0.497. The molecule has 0 unspecified atom stereocenters. The SMILES string of the molecule is CCc1cccc2c1C(=O)OC(=O)C2. The predicted octanol–water partition coefficient (Wildman–Crippen LogP) is 1.49. The van der Waals surface area contributed by atoms with Crippen LogP contribution >= 0.6 is 0 Å². The smallest absolute Gasteiger partial charge is 0.346 e. The van der Waals surface area contributed by atoms with E-state index in [2.05, 4.69) is 4.74 Å². The number of carbonyl (C=O) groups is 2. The third kappa shape index (κ3) is 1.31. The topological polar surface area (TPSA) is 43.4 Å². The van der Waals surface area contributed by atoms with Gasteiger partial charge in [-0.1, -0.05) is 25.1 Å². The van der Waals surface area contributed by atoms with Gasteiger partial charge in [-0.25, -0.2) is 4.79 Å². The van der Waals surface area contributed by atoms with E-state index in [9.17, 15) is 9.59 Å². The van der Waals surface area contributed by atoms with Crippen LogP contribution in [-0.4, -0.2) is 11.9 Å². The molecule has 3 nitrogen and oxygen atoms in total. The van der Waals surface area contributed by atoms with Crippen molar-refractivity contribution in [1.29, 1.82) is 0 Å². The normalized spacial score (nSPS) is 14.9. The van der Waals surface area contributed by atoms with Crippen molar-refractivity contribution in [2.75, 3.05) is 0 Å². The first-order valence-corrected chi connectivity index (χ1v) is 4.58. The van der Waals surface area contributed by atoms with Crippen LogP contribution < -0.4 is 0 Å². The Bertz CT molecular complexity index is 407. The third-order valence-corrected chi connectivity index (χ3v) is 2.36. The Kier molecular flexibility index (Phi) is 2.08. The van der Waals surface area contributed by atoms with Crippen molar-refractivity contribution < 1.29 is 14.3 Å². The number of benzene rings is 1. The minimum Gasteiger partial charge on any atom is -0.389 e. The monoisotopic (exact) mass is 190 g/mol. The zero-order valence-corrected chi connectivity index (χ0v) is 7.87. The molecule has 1 aromatic carbocycles. The van der Waals surface area contributed by atoms with E-state index in [1.165, 1.54) is 0 Å². The van der Waals surface area contributed by atoms with Crippen LogP contribution in [0.2, 0.25) is 0 Å². The highest BCUT2D eigenvalue weighted by Gasteiger charge is 2.26. The Morgan fingerprint density at radius 1 is 1.36 bits per heavy atom. The van der Waals surface area contributed by atoms with Crippen LogP contribution in [0.5, 0.6) is 0 Å². The molecule has 1 aromatic rings. The van der Waals surface area contributed by atoms with Crippen molar-refractivity contribution in [1.82, 2.24) is 0 Å². The number of rotatable bonds is 1. The maximum atomic E-state index is 11.4. The van der Waals surface area contributed by atoms with Crippen molar-refractivity contribution in [2.24, 2.45) is 0 Å². The minimum atomic E-state index is -0.506. The van der Waals surface area contributed by atoms with Crippen LogP contribution in [0.1, 0.15) is 28.4 Å². The van der Waals surface area contributed by atoms with Crippen molar-refractivity contribution in [3.63, 3.8) is 0 Å². The molecular formula is C11H10O3. The lowest BCUT2D eigenvalue weighted by atomic mass is 9.96. The van der Waals surface area contributed by atoms with E-state index in [0.29, 0.717) is 5.56 Å². The molecule has 0 spiro atoms. The number of carbonyl (C=O) groups excluding carboxylic acids is 2. The number of hydrogen-bond acceptors (Lipinski definition) is 3. The first-order chi connectivity index (χ1) is 6.72. The first kappa shape index (κ1) is 8.94. The Hall–Kier alpha value is -1.64. The molecule has 0 aromatic heterocycles. The highest BCUT2D eigenvalue weighted by Crippen LogP contribution is 2.21. The second-order valence-corrected chi connectivity index (χ2v) is 3.24. The van der Waals surface area contributed by atoms with Gasteiger partial charge in [0, 0.05) is 0 Å². The summed E-state index contributed by atoms with van der Waals surface area (Å²) in [6, 6.07) is 5.55. The second kappa shape index (κ2) is 3.25. The lowest BCUT2D eigenvalue weighted by Crippen LogP contribution is -2.24. The molecular weight excluding hydrogens is 180 g/mol. The van der Waals surface area contributed by atoms with Crippen molar-refractivity contribution in [3.05, 3.63) is 34.9 Å². The van der Waals surface area contributed by atoms with Crippen LogP contribution in [-0.2, 0) is 22.4 Å². The maximum absolute atomic E-state index is 11.4. The van der Waals surface area contributed by atoms with Gasteiger partial charge in [-0.05, 0) is 17.5 Å². The third-order valence-electron chi connectivity index (χ3n) is 2.36. The molecule has 0 amide bonds. The van der Waals surface area contributed by atoms with Gasteiger partial charge in [0.1, 0.15) is 0 Å². The summed E-state index contributed by atoms with van der Waals surface area (Å²) >= 11 is 0. The highest BCUT2D eigenvalue weighted by molar-refractivity contribution is 6.03. The molecule has 0 atom stereocenters. The van der Waals surface area contributed by atoms with Crippen LogP contribution in [0.15, 0.2) is 18.2 Å². The summed E-state index contributed by atoms with van der Waals surface area (Å²) in [6.45, 7) is 1.97. The van der Waals surface area contributed by atoms with Crippen LogP contribution in [0.4, 0.5) is 0 Å². The number of hydrogen-bond donors (Lipinski definition) is 0. The average Bonchev–Trinajstić information content (AvgIpc) is 2.16. The van der Waals surface area contributed by atoms with Gasteiger partial charge in [-0.15, -0.1) is 0 Å². The summed E-state index contributed by atoms with van der Waals surface area (Å²) in [4.78, 5) is 22.4. The molecule has 0 saturated heterocycles. The van der Waals surface area contributed by atoms with Crippen LogP contribution in [0.25, 0.3) is 0 Å². The Morgan fingerprint density at radius 2 is 2.14 bits per heavy atom. The summed E-state index contributed by atoms with van der Waals surface area (Å²) in [5.41, 5.74) is 2.31. The lowest BCUT2D eigenvalue weighted by molar-refractivity contribution is -0.137. The Labute approximate surface area is 81.7 Å². The fraction of sp³-hybridized carbons (Fsp3) is 0.273. The van der Waals surface area contributed by atoms with Crippen molar-refractivity contribution in [2.45, 2.75) is 19.8 Å². The molecule has 0 N–H and O–H groups in total. The molecule has 72 valence electrons. The molecule has 1 heterocycles. The molecule has 0 radical (unpaired) electrons. The van der Waals surface area contributed by atoms with Gasteiger partial charge in [0.15, 0.2) is 0 Å². The lowest BCUT2D eigenvalue weighted by Gasteiger charge is -2.16. The Balaban J connectivity index is 2.58. The molecule has 1 aliphatic rings.